The number of halogens is 1. The molecule has 98 valence electrons. The van der Waals surface area contributed by atoms with Gasteiger partial charge in [0.15, 0.2) is 0 Å². The Morgan fingerprint density at radius 1 is 1.25 bits per heavy atom. The van der Waals surface area contributed by atoms with E-state index in [0.717, 1.165) is 4.47 Å². The van der Waals surface area contributed by atoms with Crippen molar-refractivity contribution in [1.82, 2.24) is 4.57 Å². The molecule has 0 aliphatic heterocycles. The van der Waals surface area contributed by atoms with Crippen molar-refractivity contribution < 1.29 is 9.90 Å². The zero-order valence-corrected chi connectivity index (χ0v) is 12.0. The van der Waals surface area contributed by atoms with Crippen LogP contribution in [0.5, 0.6) is 0 Å². The highest BCUT2D eigenvalue weighted by Gasteiger charge is 2.26. The van der Waals surface area contributed by atoms with Crippen molar-refractivity contribution in [2.45, 2.75) is 0 Å². The van der Waals surface area contributed by atoms with Gasteiger partial charge in [0.2, 0.25) is 0 Å². The number of nitrogens with zero attached hydrogens (tertiary/aromatic N) is 3. The molecular weight excluding hydrogens is 322 g/mol. The molecule has 0 aliphatic rings. The molecule has 1 aromatic carbocycles. The number of carboxylic acid groups (broad SMARTS) is 1. The summed E-state index contributed by atoms with van der Waals surface area (Å²) >= 11 is 3.30. The summed E-state index contributed by atoms with van der Waals surface area (Å²) in [5.74, 6) is -1.18. The topological polar surface area (TPSA) is 89.8 Å². The van der Waals surface area contributed by atoms with Gasteiger partial charge < -0.3 is 9.67 Å². The molecule has 2 rings (SSSR count). The fourth-order valence-corrected chi connectivity index (χ4v) is 2.34. The summed E-state index contributed by atoms with van der Waals surface area (Å²) in [6.45, 7) is 0. The Kier molecular flexibility index (Phi) is 3.60. The van der Waals surface area contributed by atoms with Crippen molar-refractivity contribution in [2.24, 2.45) is 7.05 Å². The first-order chi connectivity index (χ1) is 9.51. The number of benzene rings is 1. The molecule has 6 heteroatoms. The van der Waals surface area contributed by atoms with Gasteiger partial charge in [0, 0.05) is 17.1 Å². The first kappa shape index (κ1) is 13.9. The molecule has 1 N–H and O–H groups in total. The summed E-state index contributed by atoms with van der Waals surface area (Å²) < 4.78 is 2.08. The predicted octanol–water partition coefficient (Wildman–Crippen LogP) is 2.90. The molecule has 0 radical (unpaired) electrons. The van der Waals surface area contributed by atoms with Crippen LogP contribution in [0.15, 0.2) is 28.7 Å². The maximum atomic E-state index is 11.4. The molecule has 0 amide bonds. The number of carbonyl (C=O) groups is 1. The lowest BCUT2D eigenvalue weighted by atomic mass is 10.0. The number of aromatic nitrogens is 1. The van der Waals surface area contributed by atoms with E-state index < -0.39 is 5.97 Å². The van der Waals surface area contributed by atoms with E-state index in [-0.39, 0.29) is 22.5 Å². The van der Waals surface area contributed by atoms with E-state index in [0.29, 0.717) is 5.56 Å². The number of carboxylic acids is 1. The summed E-state index contributed by atoms with van der Waals surface area (Å²) in [5.41, 5.74) is 0.906. The van der Waals surface area contributed by atoms with Crippen LogP contribution in [-0.4, -0.2) is 15.6 Å². The molecule has 20 heavy (non-hydrogen) atoms. The zero-order chi connectivity index (χ0) is 14.9. The van der Waals surface area contributed by atoms with Crippen LogP contribution < -0.4 is 0 Å². The number of nitriles is 2. The van der Waals surface area contributed by atoms with Crippen molar-refractivity contribution in [1.29, 1.82) is 10.5 Å². The van der Waals surface area contributed by atoms with Crippen LogP contribution in [0.4, 0.5) is 0 Å². The second kappa shape index (κ2) is 5.20. The Hall–Kier alpha value is -2.57. The third-order valence-electron chi connectivity index (χ3n) is 2.95. The molecule has 0 bridgehead atoms. The third-order valence-corrected chi connectivity index (χ3v) is 3.48. The zero-order valence-electron chi connectivity index (χ0n) is 10.4. The van der Waals surface area contributed by atoms with Crippen molar-refractivity contribution in [3.63, 3.8) is 0 Å². The van der Waals surface area contributed by atoms with Crippen LogP contribution in [0, 0.1) is 22.7 Å². The summed E-state index contributed by atoms with van der Waals surface area (Å²) in [5, 5.41) is 27.7. The summed E-state index contributed by atoms with van der Waals surface area (Å²) in [7, 11) is 1.46. The van der Waals surface area contributed by atoms with E-state index in [4.69, 9.17) is 5.26 Å². The average molecular weight is 330 g/mol. The van der Waals surface area contributed by atoms with Gasteiger partial charge in [0.25, 0.3) is 0 Å². The first-order valence-corrected chi connectivity index (χ1v) is 6.32. The molecule has 0 saturated carbocycles. The van der Waals surface area contributed by atoms with Crippen LogP contribution >= 0.6 is 15.9 Å². The fourth-order valence-electron chi connectivity index (χ4n) is 2.07. The molecule has 0 aliphatic carbocycles. The Balaban J connectivity index is 2.88. The quantitative estimate of drug-likeness (QED) is 0.917. The molecule has 2 aromatic rings. The summed E-state index contributed by atoms with van der Waals surface area (Å²) in [4.78, 5) is 11.4. The number of rotatable bonds is 2. The highest BCUT2D eigenvalue weighted by atomic mass is 79.9. The molecule has 0 saturated heterocycles. The lowest BCUT2D eigenvalue weighted by Gasteiger charge is -2.03. The van der Waals surface area contributed by atoms with E-state index in [2.05, 4.69) is 15.9 Å². The summed E-state index contributed by atoms with van der Waals surface area (Å²) in [6.07, 6.45) is 0. The molecule has 0 fully saturated rings. The van der Waals surface area contributed by atoms with Crippen molar-refractivity contribution >= 4 is 21.9 Å². The second-order valence-electron chi connectivity index (χ2n) is 4.04. The Morgan fingerprint density at radius 2 is 1.85 bits per heavy atom. The van der Waals surface area contributed by atoms with Crippen LogP contribution in [0.1, 0.15) is 21.7 Å². The molecule has 1 aromatic heterocycles. The van der Waals surface area contributed by atoms with Crippen LogP contribution in [0.25, 0.3) is 11.1 Å². The standard InChI is InChI=1S/C14H8BrN3O2/c1-18-11(7-17)10(6-16)12(13(18)14(19)20)8-2-4-9(15)5-3-8/h2-5H,1H3,(H,19,20). The average Bonchev–Trinajstić information content (AvgIpc) is 2.71. The minimum Gasteiger partial charge on any atom is -0.477 e. The van der Waals surface area contributed by atoms with E-state index in [9.17, 15) is 15.2 Å². The Bertz CT molecular complexity index is 777. The number of aromatic carboxylic acids is 1. The lowest BCUT2D eigenvalue weighted by molar-refractivity contribution is 0.0687. The lowest BCUT2D eigenvalue weighted by Crippen LogP contribution is -2.07. The SMILES string of the molecule is Cn1c(C#N)c(C#N)c(-c2ccc(Br)cc2)c1C(=O)O. The van der Waals surface area contributed by atoms with Gasteiger partial charge in [0.05, 0.1) is 5.56 Å². The monoisotopic (exact) mass is 329 g/mol. The van der Waals surface area contributed by atoms with E-state index in [1.54, 1.807) is 24.3 Å². The van der Waals surface area contributed by atoms with Gasteiger partial charge in [0.1, 0.15) is 23.5 Å². The second-order valence-corrected chi connectivity index (χ2v) is 4.96. The van der Waals surface area contributed by atoms with Crippen LogP contribution in [-0.2, 0) is 7.05 Å². The minimum atomic E-state index is -1.18. The molecule has 5 nitrogen and oxygen atoms in total. The first-order valence-electron chi connectivity index (χ1n) is 5.53. The van der Waals surface area contributed by atoms with Crippen LogP contribution in [0.2, 0.25) is 0 Å². The largest absolute Gasteiger partial charge is 0.477 e. The van der Waals surface area contributed by atoms with Crippen molar-refractivity contribution in [3.8, 4) is 23.3 Å². The van der Waals surface area contributed by atoms with E-state index >= 15 is 0 Å². The highest BCUT2D eigenvalue weighted by Crippen LogP contribution is 2.32. The molecule has 0 atom stereocenters. The van der Waals surface area contributed by atoms with Crippen LogP contribution in [0.3, 0.4) is 0 Å². The molecule has 0 unspecified atom stereocenters. The molecular formula is C14H8BrN3O2. The number of hydrogen-bond donors (Lipinski definition) is 1. The maximum Gasteiger partial charge on any atom is 0.353 e. The predicted molar refractivity (Wildman–Crippen MR) is 74.9 cm³/mol. The van der Waals surface area contributed by atoms with Gasteiger partial charge in [-0.1, -0.05) is 28.1 Å². The Labute approximate surface area is 123 Å². The fraction of sp³-hybridized carbons (Fsp3) is 0.0714. The Morgan fingerprint density at radius 3 is 2.30 bits per heavy atom. The van der Waals surface area contributed by atoms with Gasteiger partial charge in [-0.15, -0.1) is 0 Å². The van der Waals surface area contributed by atoms with Gasteiger partial charge in [-0.2, -0.15) is 10.5 Å². The van der Waals surface area contributed by atoms with Gasteiger partial charge in [-0.05, 0) is 17.7 Å². The smallest absolute Gasteiger partial charge is 0.353 e. The summed E-state index contributed by atoms with van der Waals surface area (Å²) in [6, 6.07) is 10.7. The van der Waals surface area contributed by atoms with E-state index in [1.807, 2.05) is 12.1 Å². The van der Waals surface area contributed by atoms with Crippen molar-refractivity contribution in [2.75, 3.05) is 0 Å². The van der Waals surface area contributed by atoms with E-state index in [1.165, 1.54) is 11.6 Å². The normalized spacial score (nSPS) is 9.80. The highest BCUT2D eigenvalue weighted by molar-refractivity contribution is 9.10. The molecule has 0 spiro atoms. The van der Waals surface area contributed by atoms with Gasteiger partial charge in [-0.25, -0.2) is 4.79 Å². The van der Waals surface area contributed by atoms with Crippen molar-refractivity contribution in [3.05, 3.63) is 45.7 Å². The minimum absolute atomic E-state index is 0.0443. The number of hydrogen-bond acceptors (Lipinski definition) is 3. The molecule has 1 heterocycles. The van der Waals surface area contributed by atoms with Gasteiger partial charge in [-0.3, -0.25) is 0 Å². The maximum absolute atomic E-state index is 11.4. The third kappa shape index (κ3) is 2.07. The van der Waals surface area contributed by atoms with Gasteiger partial charge >= 0.3 is 5.97 Å².